The number of nitrogens with zero attached hydrogens (tertiary/aromatic N) is 2. The van der Waals surface area contributed by atoms with Crippen molar-refractivity contribution >= 4 is 23.2 Å². The molecule has 2 N–H and O–H groups in total. The van der Waals surface area contributed by atoms with Crippen molar-refractivity contribution in [1.82, 2.24) is 9.97 Å². The van der Waals surface area contributed by atoms with Crippen molar-refractivity contribution in [2.75, 3.05) is 5.73 Å². The van der Waals surface area contributed by atoms with Gasteiger partial charge in [0.1, 0.15) is 11.4 Å². The van der Waals surface area contributed by atoms with Crippen LogP contribution in [0.3, 0.4) is 0 Å². The number of nitrogen functional groups attached to an aromatic ring is 1. The minimum absolute atomic E-state index is 0.0346. The van der Waals surface area contributed by atoms with Crippen LogP contribution in [0.4, 0.5) is 5.69 Å². The van der Waals surface area contributed by atoms with Crippen molar-refractivity contribution in [3.05, 3.63) is 42.4 Å². The number of anilines is 1. The van der Waals surface area contributed by atoms with E-state index in [4.69, 9.17) is 5.73 Å². The Morgan fingerprint density at radius 1 is 1.35 bits per heavy atom. The maximum absolute atomic E-state index is 11.4. The van der Waals surface area contributed by atoms with E-state index in [9.17, 15) is 4.79 Å². The largest absolute Gasteiger partial charge is 0.398 e. The molecule has 4 nitrogen and oxygen atoms in total. The highest BCUT2D eigenvalue weighted by Gasteiger charge is 2.07. The van der Waals surface area contributed by atoms with Crippen molar-refractivity contribution < 1.29 is 4.79 Å². The van der Waals surface area contributed by atoms with E-state index in [0.29, 0.717) is 11.3 Å². The van der Waals surface area contributed by atoms with Crippen LogP contribution in [0, 0.1) is 0 Å². The van der Waals surface area contributed by atoms with E-state index in [1.165, 1.54) is 25.0 Å². The quantitative estimate of drug-likeness (QED) is 0.511. The van der Waals surface area contributed by atoms with E-state index in [2.05, 4.69) is 9.97 Å². The van der Waals surface area contributed by atoms with Crippen LogP contribution in [0.2, 0.25) is 0 Å². The number of ketones is 1. The maximum Gasteiger partial charge on any atom is 0.161 e. The average molecular weight is 245 g/mol. The van der Waals surface area contributed by atoms with Gasteiger partial charge in [0.2, 0.25) is 0 Å². The molecule has 0 spiro atoms. The fourth-order valence-electron chi connectivity index (χ4n) is 1.36. The van der Waals surface area contributed by atoms with Gasteiger partial charge < -0.3 is 5.73 Å². The lowest BCUT2D eigenvalue weighted by Crippen LogP contribution is -1.99. The lowest BCUT2D eigenvalue weighted by Gasteiger charge is -2.05. The van der Waals surface area contributed by atoms with Crippen LogP contribution in [-0.2, 0) is 0 Å². The predicted molar refractivity (Wildman–Crippen MR) is 67.0 cm³/mol. The van der Waals surface area contributed by atoms with Crippen LogP contribution in [0.15, 0.2) is 46.7 Å². The standard InChI is InChI=1S/C12H11N3OS/c1-8(16)10-6-9(2-3-11(10)13)17-12-4-5-14-7-15-12/h2-7H,13H2,1H3. The highest BCUT2D eigenvalue weighted by Crippen LogP contribution is 2.28. The summed E-state index contributed by atoms with van der Waals surface area (Å²) < 4.78 is 0. The molecule has 1 heterocycles. The first kappa shape index (κ1) is 11.6. The smallest absolute Gasteiger partial charge is 0.161 e. The zero-order valence-electron chi connectivity index (χ0n) is 9.25. The van der Waals surface area contributed by atoms with Crippen molar-refractivity contribution in [1.29, 1.82) is 0 Å². The third-order valence-corrected chi connectivity index (χ3v) is 3.12. The van der Waals surface area contributed by atoms with E-state index in [1.54, 1.807) is 18.3 Å². The van der Waals surface area contributed by atoms with Gasteiger partial charge in [0.05, 0.1) is 0 Å². The number of nitrogens with two attached hydrogens (primary N) is 1. The molecule has 86 valence electrons. The van der Waals surface area contributed by atoms with Crippen LogP contribution >= 0.6 is 11.8 Å². The van der Waals surface area contributed by atoms with E-state index in [1.807, 2.05) is 12.1 Å². The van der Waals surface area contributed by atoms with Crippen molar-refractivity contribution in [2.24, 2.45) is 0 Å². The van der Waals surface area contributed by atoms with Gasteiger partial charge in [0.25, 0.3) is 0 Å². The van der Waals surface area contributed by atoms with E-state index >= 15 is 0 Å². The number of carbonyl (C=O) groups is 1. The molecular weight excluding hydrogens is 234 g/mol. The van der Waals surface area contributed by atoms with Crippen molar-refractivity contribution in [3.8, 4) is 0 Å². The van der Waals surface area contributed by atoms with Gasteiger partial charge >= 0.3 is 0 Å². The summed E-state index contributed by atoms with van der Waals surface area (Å²) in [6.07, 6.45) is 3.17. The molecule has 0 atom stereocenters. The minimum atomic E-state index is -0.0346. The number of rotatable bonds is 3. The molecule has 1 aromatic carbocycles. The van der Waals surface area contributed by atoms with Gasteiger partial charge in [-0.25, -0.2) is 9.97 Å². The van der Waals surface area contributed by atoms with Crippen LogP contribution in [0.1, 0.15) is 17.3 Å². The second-order valence-corrected chi connectivity index (χ2v) is 4.55. The Kier molecular flexibility index (Phi) is 3.39. The SMILES string of the molecule is CC(=O)c1cc(Sc2ccncn2)ccc1N. The Balaban J connectivity index is 2.29. The Bertz CT molecular complexity index is 543. The van der Waals surface area contributed by atoms with Crippen LogP contribution in [0.25, 0.3) is 0 Å². The third-order valence-electron chi connectivity index (χ3n) is 2.18. The first-order valence-electron chi connectivity index (χ1n) is 5.01. The van der Waals surface area contributed by atoms with Crippen molar-refractivity contribution in [2.45, 2.75) is 16.8 Å². The summed E-state index contributed by atoms with van der Waals surface area (Å²) in [5.74, 6) is -0.0346. The molecule has 0 unspecified atom stereocenters. The molecule has 2 aromatic rings. The normalized spacial score (nSPS) is 10.2. The second-order valence-electron chi connectivity index (χ2n) is 3.45. The average Bonchev–Trinajstić information content (AvgIpc) is 2.32. The monoisotopic (exact) mass is 245 g/mol. The first-order chi connectivity index (χ1) is 8.16. The molecule has 17 heavy (non-hydrogen) atoms. The first-order valence-corrected chi connectivity index (χ1v) is 5.83. The molecule has 0 amide bonds. The van der Waals surface area contributed by atoms with E-state index in [-0.39, 0.29) is 5.78 Å². The highest BCUT2D eigenvalue weighted by atomic mass is 32.2. The molecule has 2 rings (SSSR count). The predicted octanol–water partition coefficient (Wildman–Crippen LogP) is 2.41. The lowest BCUT2D eigenvalue weighted by molar-refractivity contribution is 0.101. The number of hydrogen-bond donors (Lipinski definition) is 1. The van der Waals surface area contributed by atoms with E-state index < -0.39 is 0 Å². The zero-order chi connectivity index (χ0) is 12.3. The summed E-state index contributed by atoms with van der Waals surface area (Å²) in [6.45, 7) is 1.50. The molecule has 0 aliphatic heterocycles. The fraction of sp³-hybridized carbons (Fsp3) is 0.0833. The number of benzene rings is 1. The number of carbonyl (C=O) groups excluding carboxylic acids is 1. The van der Waals surface area contributed by atoms with Gasteiger partial charge in [-0.2, -0.15) is 0 Å². The second kappa shape index (κ2) is 4.97. The lowest BCUT2D eigenvalue weighted by atomic mass is 10.1. The number of aromatic nitrogens is 2. The molecule has 0 aliphatic rings. The Hall–Kier alpha value is -1.88. The van der Waals surface area contributed by atoms with Gasteiger partial charge in [-0.05, 0) is 31.2 Å². The Labute approximate surface area is 103 Å². The zero-order valence-corrected chi connectivity index (χ0v) is 10.1. The van der Waals surface area contributed by atoms with Gasteiger partial charge in [-0.15, -0.1) is 0 Å². The summed E-state index contributed by atoms with van der Waals surface area (Å²) in [5, 5.41) is 0.833. The number of hydrogen-bond acceptors (Lipinski definition) is 5. The van der Waals surface area contributed by atoms with Gasteiger partial charge in [0.15, 0.2) is 5.78 Å². The summed E-state index contributed by atoms with van der Waals surface area (Å²) in [5.41, 5.74) is 6.78. The van der Waals surface area contributed by atoms with Crippen LogP contribution in [-0.4, -0.2) is 15.8 Å². The van der Waals surface area contributed by atoms with Crippen molar-refractivity contribution in [3.63, 3.8) is 0 Å². The summed E-state index contributed by atoms with van der Waals surface area (Å²) in [4.78, 5) is 20.2. The number of Topliss-reactive ketones (excluding diaryl/α,β-unsaturated/α-hetero) is 1. The molecule has 0 radical (unpaired) electrons. The fourth-order valence-corrected chi connectivity index (χ4v) is 2.15. The maximum atomic E-state index is 11.4. The summed E-state index contributed by atoms with van der Waals surface area (Å²) in [7, 11) is 0. The molecule has 0 bridgehead atoms. The molecule has 0 aliphatic carbocycles. The highest BCUT2D eigenvalue weighted by molar-refractivity contribution is 7.99. The molecule has 5 heteroatoms. The summed E-state index contributed by atoms with van der Waals surface area (Å²) >= 11 is 1.47. The van der Waals surface area contributed by atoms with Crippen LogP contribution < -0.4 is 5.73 Å². The molecule has 1 aromatic heterocycles. The third kappa shape index (κ3) is 2.82. The molecule has 0 saturated carbocycles. The van der Waals surface area contributed by atoms with Crippen LogP contribution in [0.5, 0.6) is 0 Å². The minimum Gasteiger partial charge on any atom is -0.398 e. The van der Waals surface area contributed by atoms with E-state index in [0.717, 1.165) is 9.92 Å². The molecule has 0 fully saturated rings. The van der Waals surface area contributed by atoms with Gasteiger partial charge in [0, 0.05) is 22.3 Å². The Morgan fingerprint density at radius 2 is 2.18 bits per heavy atom. The van der Waals surface area contributed by atoms with Gasteiger partial charge in [-0.3, -0.25) is 4.79 Å². The summed E-state index contributed by atoms with van der Waals surface area (Å²) in [6, 6.07) is 7.20. The topological polar surface area (TPSA) is 68.9 Å². The molecular formula is C12H11N3OS. The Morgan fingerprint density at radius 3 is 2.82 bits per heavy atom. The van der Waals surface area contributed by atoms with Gasteiger partial charge in [-0.1, -0.05) is 11.8 Å². The molecule has 0 saturated heterocycles.